The quantitative estimate of drug-likeness (QED) is 0.318. The highest BCUT2D eigenvalue weighted by molar-refractivity contribution is 5.99. The van der Waals surface area contributed by atoms with Crippen molar-refractivity contribution in [2.75, 3.05) is 6.61 Å². The van der Waals surface area contributed by atoms with Crippen LogP contribution in [-0.4, -0.2) is 34.7 Å². The van der Waals surface area contributed by atoms with Crippen molar-refractivity contribution in [2.24, 2.45) is 0 Å². The molecule has 3 rings (SSSR count). The summed E-state index contributed by atoms with van der Waals surface area (Å²) in [6, 6.07) is 14.9. The average molecular weight is 466 g/mol. The number of allylic oxidation sites excluding steroid dienone is 2. The fraction of sp³-hybridized carbons (Fsp3) is 0.280. The standard InChI is InChI=1S/C25H26N2O7/c1-15(34-20-10-5-4-6-11-20)12-13-33-25(30)22-17(3)26-16(2)21(24(28)29)23(22)18-8-7-9-19(14-18)27(31)32/h4-11,14-15,23,26H,12-13H2,1-3H3,(H,28,29). The molecule has 1 aliphatic heterocycles. The molecule has 0 amide bonds. The Morgan fingerprint density at radius 3 is 2.41 bits per heavy atom. The first-order valence-electron chi connectivity index (χ1n) is 10.7. The molecule has 0 aromatic heterocycles. The van der Waals surface area contributed by atoms with E-state index in [1.165, 1.54) is 18.2 Å². The molecule has 2 aromatic carbocycles. The Labute approximate surface area is 196 Å². The van der Waals surface area contributed by atoms with Crippen LogP contribution < -0.4 is 10.1 Å². The van der Waals surface area contributed by atoms with Gasteiger partial charge in [0, 0.05) is 29.9 Å². The number of rotatable bonds is 9. The van der Waals surface area contributed by atoms with E-state index < -0.39 is 22.8 Å². The number of para-hydroxylation sites is 1. The zero-order valence-electron chi connectivity index (χ0n) is 19.1. The van der Waals surface area contributed by atoms with Crippen LogP contribution in [0.3, 0.4) is 0 Å². The minimum Gasteiger partial charge on any atom is -0.491 e. The van der Waals surface area contributed by atoms with Gasteiger partial charge in [-0.2, -0.15) is 0 Å². The largest absolute Gasteiger partial charge is 0.491 e. The lowest BCUT2D eigenvalue weighted by Gasteiger charge is -2.29. The average Bonchev–Trinajstić information content (AvgIpc) is 2.78. The van der Waals surface area contributed by atoms with Crippen molar-refractivity contribution in [1.82, 2.24) is 5.32 Å². The van der Waals surface area contributed by atoms with E-state index in [1.54, 1.807) is 19.9 Å². The smallest absolute Gasteiger partial charge is 0.336 e. The van der Waals surface area contributed by atoms with Gasteiger partial charge in [-0.15, -0.1) is 0 Å². The van der Waals surface area contributed by atoms with E-state index in [2.05, 4.69) is 5.32 Å². The number of nitro benzene ring substituents is 1. The number of non-ortho nitro benzene ring substituents is 1. The zero-order chi connectivity index (χ0) is 24.8. The summed E-state index contributed by atoms with van der Waals surface area (Å²) in [6.07, 6.45) is 0.196. The van der Waals surface area contributed by atoms with Crippen molar-refractivity contribution in [3.05, 3.63) is 92.8 Å². The second-order valence-corrected chi connectivity index (χ2v) is 7.96. The Morgan fingerprint density at radius 1 is 1.09 bits per heavy atom. The summed E-state index contributed by atoms with van der Waals surface area (Å²) in [7, 11) is 0. The lowest BCUT2D eigenvalue weighted by Crippen LogP contribution is -2.32. The summed E-state index contributed by atoms with van der Waals surface area (Å²) in [4.78, 5) is 35.9. The number of nitrogens with zero attached hydrogens (tertiary/aromatic N) is 1. The maximum Gasteiger partial charge on any atom is 0.336 e. The van der Waals surface area contributed by atoms with Crippen molar-refractivity contribution in [1.29, 1.82) is 0 Å². The highest BCUT2D eigenvalue weighted by atomic mass is 16.6. The van der Waals surface area contributed by atoms with Crippen LogP contribution in [0.2, 0.25) is 0 Å². The number of dihydropyridines is 1. The van der Waals surface area contributed by atoms with Crippen molar-refractivity contribution < 1.29 is 29.1 Å². The predicted octanol–water partition coefficient (Wildman–Crippen LogP) is 4.32. The molecule has 2 atom stereocenters. The summed E-state index contributed by atoms with van der Waals surface area (Å²) in [5, 5.41) is 24.1. The van der Waals surface area contributed by atoms with Crippen LogP contribution in [0.1, 0.15) is 38.7 Å². The first-order valence-corrected chi connectivity index (χ1v) is 10.7. The highest BCUT2D eigenvalue weighted by Gasteiger charge is 2.37. The van der Waals surface area contributed by atoms with Gasteiger partial charge in [0.05, 0.1) is 34.7 Å². The molecule has 0 saturated heterocycles. The Morgan fingerprint density at radius 2 is 1.76 bits per heavy atom. The van der Waals surface area contributed by atoms with Gasteiger partial charge in [-0.1, -0.05) is 30.3 Å². The minimum atomic E-state index is -1.23. The number of nitrogens with one attached hydrogen (secondary N) is 1. The van der Waals surface area contributed by atoms with Crippen molar-refractivity contribution in [3.8, 4) is 5.75 Å². The number of benzene rings is 2. The number of nitro groups is 1. The van der Waals surface area contributed by atoms with Gasteiger partial charge < -0.3 is 19.9 Å². The topological polar surface area (TPSA) is 128 Å². The number of hydrogen-bond acceptors (Lipinski definition) is 7. The molecule has 34 heavy (non-hydrogen) atoms. The van der Waals surface area contributed by atoms with Crippen LogP contribution in [-0.2, 0) is 14.3 Å². The Bertz CT molecular complexity index is 1150. The number of carboxylic acids is 1. The molecule has 1 heterocycles. The van der Waals surface area contributed by atoms with Crippen LogP contribution in [0.25, 0.3) is 0 Å². The van der Waals surface area contributed by atoms with Gasteiger partial charge in [-0.3, -0.25) is 10.1 Å². The SMILES string of the molecule is CC1=C(C(=O)O)C(c2cccc([N+](=O)[O-])c2)C(C(=O)OCCC(C)Oc2ccccc2)=C(C)N1. The molecule has 9 nitrogen and oxygen atoms in total. The number of carboxylic acid groups (broad SMARTS) is 1. The van der Waals surface area contributed by atoms with E-state index in [9.17, 15) is 24.8 Å². The first kappa shape index (κ1) is 24.5. The Balaban J connectivity index is 1.81. The monoisotopic (exact) mass is 466 g/mol. The molecule has 2 aromatic rings. The minimum absolute atomic E-state index is 0.0520. The lowest BCUT2D eigenvalue weighted by atomic mass is 9.80. The second-order valence-electron chi connectivity index (χ2n) is 7.96. The third-order valence-corrected chi connectivity index (χ3v) is 5.46. The summed E-state index contributed by atoms with van der Waals surface area (Å²) in [6.45, 7) is 5.14. The van der Waals surface area contributed by atoms with Crippen LogP contribution in [0.15, 0.2) is 77.1 Å². The van der Waals surface area contributed by atoms with E-state index >= 15 is 0 Å². The normalized spacial score (nSPS) is 16.5. The summed E-state index contributed by atoms with van der Waals surface area (Å²) < 4.78 is 11.3. The van der Waals surface area contributed by atoms with E-state index in [0.29, 0.717) is 29.1 Å². The van der Waals surface area contributed by atoms with Crippen LogP contribution >= 0.6 is 0 Å². The summed E-state index contributed by atoms with van der Waals surface area (Å²) in [5.74, 6) is -2.25. The van der Waals surface area contributed by atoms with Gasteiger partial charge in [-0.05, 0) is 38.5 Å². The number of carbonyl (C=O) groups excluding carboxylic acids is 1. The predicted molar refractivity (Wildman–Crippen MR) is 124 cm³/mol. The van der Waals surface area contributed by atoms with Crippen molar-refractivity contribution in [2.45, 2.75) is 39.2 Å². The molecule has 2 N–H and O–H groups in total. The van der Waals surface area contributed by atoms with Gasteiger partial charge in [0.15, 0.2) is 0 Å². The van der Waals surface area contributed by atoms with Crippen LogP contribution in [0.4, 0.5) is 5.69 Å². The molecular weight excluding hydrogens is 440 g/mol. The lowest BCUT2D eigenvalue weighted by molar-refractivity contribution is -0.384. The molecule has 0 bridgehead atoms. The number of esters is 1. The van der Waals surface area contributed by atoms with Crippen molar-refractivity contribution >= 4 is 17.6 Å². The zero-order valence-corrected chi connectivity index (χ0v) is 19.1. The fourth-order valence-corrected chi connectivity index (χ4v) is 3.88. The molecule has 1 aliphatic rings. The molecule has 9 heteroatoms. The fourth-order valence-electron chi connectivity index (χ4n) is 3.88. The Kier molecular flexibility index (Phi) is 7.68. The van der Waals surface area contributed by atoms with Gasteiger partial charge >= 0.3 is 11.9 Å². The van der Waals surface area contributed by atoms with E-state index in [-0.39, 0.29) is 29.5 Å². The highest BCUT2D eigenvalue weighted by Crippen LogP contribution is 2.39. The van der Waals surface area contributed by atoms with E-state index in [1.807, 2.05) is 37.3 Å². The third kappa shape index (κ3) is 5.61. The number of hydrogen-bond donors (Lipinski definition) is 2. The molecular formula is C25H26N2O7. The molecule has 0 fully saturated rings. The number of aliphatic carboxylic acids is 1. The van der Waals surface area contributed by atoms with Crippen LogP contribution in [0, 0.1) is 10.1 Å². The molecule has 0 spiro atoms. The van der Waals surface area contributed by atoms with Gasteiger partial charge in [0.1, 0.15) is 5.75 Å². The number of carbonyl (C=O) groups is 2. The van der Waals surface area contributed by atoms with Crippen LogP contribution in [0.5, 0.6) is 5.75 Å². The molecule has 0 saturated carbocycles. The summed E-state index contributed by atoms with van der Waals surface area (Å²) in [5.41, 5.74) is 0.926. The maximum atomic E-state index is 13.1. The number of ether oxygens (including phenoxy) is 2. The van der Waals surface area contributed by atoms with Gasteiger partial charge in [-0.25, -0.2) is 9.59 Å². The third-order valence-electron chi connectivity index (χ3n) is 5.46. The van der Waals surface area contributed by atoms with Gasteiger partial charge in [0.25, 0.3) is 5.69 Å². The summed E-state index contributed by atoms with van der Waals surface area (Å²) >= 11 is 0. The molecule has 178 valence electrons. The van der Waals surface area contributed by atoms with E-state index in [0.717, 1.165) is 0 Å². The Hall–Kier alpha value is -4.14. The molecule has 0 radical (unpaired) electrons. The first-order chi connectivity index (χ1) is 16.2. The van der Waals surface area contributed by atoms with E-state index in [4.69, 9.17) is 9.47 Å². The molecule has 2 unspecified atom stereocenters. The van der Waals surface area contributed by atoms with Crippen molar-refractivity contribution in [3.63, 3.8) is 0 Å². The molecule has 0 aliphatic carbocycles. The van der Waals surface area contributed by atoms with Gasteiger partial charge in [0.2, 0.25) is 0 Å². The second kappa shape index (κ2) is 10.7. The maximum absolute atomic E-state index is 13.1.